The van der Waals surface area contributed by atoms with E-state index in [-0.39, 0.29) is 5.78 Å². The molecule has 1 heterocycles. The molecule has 0 spiro atoms. The lowest BCUT2D eigenvalue weighted by molar-refractivity contribution is -0.245. The van der Waals surface area contributed by atoms with Crippen molar-refractivity contribution in [3.63, 3.8) is 0 Å². The van der Waals surface area contributed by atoms with Gasteiger partial charge in [0.2, 0.25) is 0 Å². The lowest BCUT2D eigenvalue weighted by Crippen LogP contribution is -2.61. The van der Waals surface area contributed by atoms with Gasteiger partial charge >= 0.3 is 0 Å². The van der Waals surface area contributed by atoms with E-state index in [4.69, 9.17) is 9.84 Å². The molecule has 1 aliphatic carbocycles. The highest BCUT2D eigenvalue weighted by molar-refractivity contribution is 5.98. The SMILES string of the molecule is O=C1C=Cc2ccc(NC3[C@@H](O)OC(CO)[C@H](O)[C@H]3O)cc2C1. The van der Waals surface area contributed by atoms with Crippen molar-refractivity contribution in [1.82, 2.24) is 0 Å². The maximum atomic E-state index is 11.5. The number of hydrogen-bond acceptors (Lipinski definition) is 7. The molecule has 1 aromatic carbocycles. The van der Waals surface area contributed by atoms with Gasteiger partial charge in [0.05, 0.1) is 6.61 Å². The quantitative estimate of drug-likeness (QED) is 0.486. The number of aliphatic hydroxyl groups is 4. The fraction of sp³-hybridized carbons (Fsp3) is 0.438. The van der Waals surface area contributed by atoms with E-state index in [1.807, 2.05) is 6.07 Å². The summed E-state index contributed by atoms with van der Waals surface area (Å²) in [5.74, 6) is 0.0110. The van der Waals surface area contributed by atoms with Crippen molar-refractivity contribution in [1.29, 1.82) is 0 Å². The minimum atomic E-state index is -1.39. The van der Waals surface area contributed by atoms with E-state index in [0.29, 0.717) is 12.1 Å². The number of anilines is 1. The first-order valence-electron chi connectivity index (χ1n) is 7.40. The summed E-state index contributed by atoms with van der Waals surface area (Å²) >= 11 is 0. The zero-order chi connectivity index (χ0) is 16.6. The molecule has 1 aromatic rings. The van der Waals surface area contributed by atoms with E-state index in [9.17, 15) is 20.1 Å². The predicted molar refractivity (Wildman–Crippen MR) is 81.6 cm³/mol. The Morgan fingerprint density at radius 2 is 1.96 bits per heavy atom. The van der Waals surface area contributed by atoms with Crippen LogP contribution >= 0.6 is 0 Å². The van der Waals surface area contributed by atoms with Gasteiger partial charge in [0.1, 0.15) is 24.4 Å². The van der Waals surface area contributed by atoms with E-state index in [0.717, 1.165) is 11.1 Å². The molecule has 5 atom stereocenters. The first-order valence-corrected chi connectivity index (χ1v) is 7.40. The van der Waals surface area contributed by atoms with Crippen molar-refractivity contribution in [2.45, 2.75) is 37.1 Å². The number of ether oxygens (including phenoxy) is 1. The molecule has 23 heavy (non-hydrogen) atoms. The summed E-state index contributed by atoms with van der Waals surface area (Å²) < 4.78 is 5.10. The van der Waals surface area contributed by atoms with Gasteiger partial charge in [-0.2, -0.15) is 0 Å². The monoisotopic (exact) mass is 321 g/mol. The number of fused-ring (bicyclic) bond motifs is 1. The average molecular weight is 321 g/mol. The summed E-state index contributed by atoms with van der Waals surface area (Å²) in [7, 11) is 0. The van der Waals surface area contributed by atoms with Crippen LogP contribution in [0.2, 0.25) is 0 Å². The zero-order valence-corrected chi connectivity index (χ0v) is 12.3. The van der Waals surface area contributed by atoms with Gasteiger partial charge in [0, 0.05) is 12.1 Å². The normalized spacial score (nSPS) is 33.4. The summed E-state index contributed by atoms with van der Waals surface area (Å²) in [6.07, 6.45) is -1.48. The Labute approximate surface area is 132 Å². The van der Waals surface area contributed by atoms with E-state index in [1.165, 1.54) is 6.08 Å². The van der Waals surface area contributed by atoms with Crippen molar-refractivity contribution >= 4 is 17.5 Å². The molecule has 1 aliphatic heterocycles. The molecule has 2 aliphatic rings. The predicted octanol–water partition coefficient (Wildman–Crippen LogP) is -0.963. The van der Waals surface area contributed by atoms with Crippen LogP contribution in [0.25, 0.3) is 6.08 Å². The smallest absolute Gasteiger partial charge is 0.178 e. The second kappa shape index (κ2) is 6.38. The third-order valence-electron chi connectivity index (χ3n) is 4.19. The maximum Gasteiger partial charge on any atom is 0.178 e. The van der Waals surface area contributed by atoms with E-state index >= 15 is 0 Å². The van der Waals surface area contributed by atoms with Gasteiger partial charge in [-0.3, -0.25) is 4.79 Å². The van der Waals surface area contributed by atoms with Crippen LogP contribution in [0.1, 0.15) is 11.1 Å². The molecule has 2 unspecified atom stereocenters. The number of benzene rings is 1. The lowest BCUT2D eigenvalue weighted by Gasteiger charge is -2.40. The lowest BCUT2D eigenvalue weighted by atomic mass is 9.94. The topological polar surface area (TPSA) is 119 Å². The molecule has 0 saturated carbocycles. The fourth-order valence-electron chi connectivity index (χ4n) is 2.89. The molecule has 0 bridgehead atoms. The van der Waals surface area contributed by atoms with Gasteiger partial charge in [0.25, 0.3) is 0 Å². The minimum Gasteiger partial charge on any atom is -0.394 e. The second-order valence-electron chi connectivity index (χ2n) is 5.79. The van der Waals surface area contributed by atoms with Crippen LogP contribution in [0.3, 0.4) is 0 Å². The summed E-state index contributed by atoms with van der Waals surface area (Å²) in [5, 5.41) is 42.0. The Balaban J connectivity index is 1.78. The highest BCUT2D eigenvalue weighted by Crippen LogP contribution is 2.26. The number of allylic oxidation sites excluding steroid dienone is 1. The number of carbonyl (C=O) groups excluding carboxylic acids is 1. The molecule has 124 valence electrons. The van der Waals surface area contributed by atoms with Crippen molar-refractivity contribution in [2.75, 3.05) is 11.9 Å². The maximum absolute atomic E-state index is 11.5. The van der Waals surface area contributed by atoms with E-state index in [1.54, 1.807) is 18.2 Å². The molecule has 7 heteroatoms. The van der Waals surface area contributed by atoms with E-state index in [2.05, 4.69) is 5.32 Å². The van der Waals surface area contributed by atoms with Crippen LogP contribution < -0.4 is 5.32 Å². The Morgan fingerprint density at radius 1 is 1.17 bits per heavy atom. The van der Waals surface area contributed by atoms with Crippen LogP contribution in [0.5, 0.6) is 0 Å². The first kappa shape index (κ1) is 16.1. The number of ketones is 1. The Kier molecular flexibility index (Phi) is 4.47. The number of aliphatic hydroxyl groups excluding tert-OH is 4. The molecular formula is C16H19NO6. The third kappa shape index (κ3) is 3.15. The molecule has 0 aromatic heterocycles. The largest absolute Gasteiger partial charge is 0.394 e. The van der Waals surface area contributed by atoms with Crippen LogP contribution in [-0.4, -0.2) is 63.5 Å². The summed E-state index contributed by atoms with van der Waals surface area (Å²) in [6, 6.07) is 4.39. The summed E-state index contributed by atoms with van der Waals surface area (Å²) in [4.78, 5) is 11.5. The van der Waals surface area contributed by atoms with Gasteiger partial charge in [0.15, 0.2) is 12.1 Å². The van der Waals surface area contributed by atoms with Crippen LogP contribution in [0, 0.1) is 0 Å². The van der Waals surface area contributed by atoms with Crippen LogP contribution in [0.15, 0.2) is 24.3 Å². The summed E-state index contributed by atoms with van der Waals surface area (Å²) in [5.41, 5.74) is 2.38. The Bertz CT molecular complexity index is 631. The van der Waals surface area contributed by atoms with Crippen molar-refractivity contribution in [2.24, 2.45) is 0 Å². The summed E-state index contributed by atoms with van der Waals surface area (Å²) in [6.45, 7) is -0.505. The van der Waals surface area contributed by atoms with Gasteiger partial charge < -0.3 is 30.5 Å². The van der Waals surface area contributed by atoms with Crippen LogP contribution in [-0.2, 0) is 16.0 Å². The van der Waals surface area contributed by atoms with Gasteiger partial charge in [-0.05, 0) is 29.3 Å². The minimum absolute atomic E-state index is 0.0110. The molecule has 7 nitrogen and oxygen atoms in total. The van der Waals surface area contributed by atoms with Crippen molar-refractivity contribution in [3.8, 4) is 0 Å². The second-order valence-corrected chi connectivity index (χ2v) is 5.79. The molecule has 5 N–H and O–H groups in total. The number of rotatable bonds is 3. The number of nitrogens with one attached hydrogen (secondary N) is 1. The van der Waals surface area contributed by atoms with Gasteiger partial charge in [-0.1, -0.05) is 12.1 Å². The fourth-order valence-corrected chi connectivity index (χ4v) is 2.89. The molecular weight excluding hydrogens is 302 g/mol. The molecule has 3 rings (SSSR count). The third-order valence-corrected chi connectivity index (χ3v) is 4.19. The van der Waals surface area contributed by atoms with Crippen molar-refractivity contribution < 1.29 is 30.0 Å². The van der Waals surface area contributed by atoms with Gasteiger partial charge in [-0.15, -0.1) is 0 Å². The molecule has 0 amide bonds. The number of hydrogen-bond donors (Lipinski definition) is 5. The van der Waals surface area contributed by atoms with Crippen LogP contribution in [0.4, 0.5) is 5.69 Å². The Hall–Kier alpha value is -1.77. The highest BCUT2D eigenvalue weighted by Gasteiger charge is 2.43. The highest BCUT2D eigenvalue weighted by atomic mass is 16.6. The number of carbonyl (C=O) groups is 1. The Morgan fingerprint density at radius 3 is 2.70 bits per heavy atom. The van der Waals surface area contributed by atoms with Crippen molar-refractivity contribution in [3.05, 3.63) is 35.4 Å². The molecule has 1 fully saturated rings. The standard InChI is InChI=1S/C16H19NO6/c18-7-12-14(20)15(21)13(16(22)23-12)17-10-3-1-8-2-4-11(19)6-9(8)5-10/h1-5,12-18,20-22H,6-7H2/t12?,13?,14-,15-,16-/m0/s1. The van der Waals surface area contributed by atoms with Gasteiger partial charge in [-0.25, -0.2) is 0 Å². The zero-order valence-electron chi connectivity index (χ0n) is 12.3. The van der Waals surface area contributed by atoms with E-state index < -0.39 is 37.3 Å². The molecule has 1 saturated heterocycles. The first-order chi connectivity index (χ1) is 11.0. The molecule has 0 radical (unpaired) electrons. The average Bonchev–Trinajstić information content (AvgIpc) is 2.54.